The number of hydrogen-bond acceptors (Lipinski definition) is 2. The van der Waals surface area contributed by atoms with Gasteiger partial charge in [-0.25, -0.2) is 0 Å². The minimum absolute atomic E-state index is 0.688. The second kappa shape index (κ2) is 9.01. The van der Waals surface area contributed by atoms with Crippen LogP contribution in [-0.4, -0.2) is 44.6 Å². The number of likely N-dealkylation sites (tertiary alicyclic amines) is 1. The van der Waals surface area contributed by atoms with E-state index in [-0.39, 0.29) is 0 Å². The molecule has 0 amide bonds. The van der Waals surface area contributed by atoms with E-state index in [1.165, 1.54) is 32.4 Å². The van der Waals surface area contributed by atoms with Gasteiger partial charge in [0.15, 0.2) is 5.96 Å². The SMILES string of the molecule is CN=C(NCCC1CCN(C)CC1)NCc1ccccc1Cl. The Kier molecular flexibility index (Phi) is 7.00. The van der Waals surface area contributed by atoms with Gasteiger partial charge >= 0.3 is 0 Å². The molecule has 1 aromatic rings. The lowest BCUT2D eigenvalue weighted by Crippen LogP contribution is -2.38. The summed E-state index contributed by atoms with van der Waals surface area (Å²) in [6.45, 7) is 4.11. The van der Waals surface area contributed by atoms with Crippen LogP contribution in [0, 0.1) is 5.92 Å². The van der Waals surface area contributed by atoms with Crippen LogP contribution in [0.25, 0.3) is 0 Å². The molecule has 2 N–H and O–H groups in total. The molecule has 122 valence electrons. The zero-order chi connectivity index (χ0) is 15.8. The quantitative estimate of drug-likeness (QED) is 0.647. The lowest BCUT2D eigenvalue weighted by atomic mass is 9.94. The van der Waals surface area contributed by atoms with Crippen LogP contribution in [-0.2, 0) is 6.54 Å². The van der Waals surface area contributed by atoms with Crippen molar-refractivity contribution in [1.82, 2.24) is 15.5 Å². The van der Waals surface area contributed by atoms with E-state index < -0.39 is 0 Å². The molecule has 0 unspecified atom stereocenters. The second-order valence-electron chi connectivity index (χ2n) is 5.98. The standard InChI is InChI=1S/C17H27ClN4/c1-19-17(21-13-15-5-3-4-6-16(15)18)20-10-7-14-8-11-22(2)12-9-14/h3-6,14H,7-13H2,1-2H3,(H2,19,20,21). The number of nitrogens with one attached hydrogen (secondary N) is 2. The number of piperidine rings is 1. The number of hydrogen-bond donors (Lipinski definition) is 2. The van der Waals surface area contributed by atoms with Gasteiger partial charge in [0.25, 0.3) is 0 Å². The molecule has 0 bridgehead atoms. The van der Waals surface area contributed by atoms with Crippen LogP contribution in [0.5, 0.6) is 0 Å². The van der Waals surface area contributed by atoms with Crippen LogP contribution < -0.4 is 10.6 Å². The summed E-state index contributed by atoms with van der Waals surface area (Å²) >= 11 is 6.16. The molecule has 22 heavy (non-hydrogen) atoms. The lowest BCUT2D eigenvalue weighted by Gasteiger charge is -2.29. The van der Waals surface area contributed by atoms with Crippen molar-refractivity contribution in [3.63, 3.8) is 0 Å². The van der Waals surface area contributed by atoms with E-state index in [4.69, 9.17) is 11.6 Å². The molecule has 1 saturated heterocycles. The molecule has 2 rings (SSSR count). The third-order valence-electron chi connectivity index (χ3n) is 4.31. The van der Waals surface area contributed by atoms with Crippen LogP contribution in [0.2, 0.25) is 5.02 Å². The smallest absolute Gasteiger partial charge is 0.191 e. The summed E-state index contributed by atoms with van der Waals surface area (Å²) in [6.07, 6.45) is 3.83. The molecule has 4 nitrogen and oxygen atoms in total. The topological polar surface area (TPSA) is 39.7 Å². The Morgan fingerprint density at radius 1 is 1.27 bits per heavy atom. The molecule has 1 aliphatic rings. The van der Waals surface area contributed by atoms with Crippen LogP contribution in [0.1, 0.15) is 24.8 Å². The molecule has 1 fully saturated rings. The van der Waals surface area contributed by atoms with Gasteiger partial charge in [0.2, 0.25) is 0 Å². The van der Waals surface area contributed by atoms with E-state index >= 15 is 0 Å². The van der Waals surface area contributed by atoms with Crippen molar-refractivity contribution in [3.8, 4) is 0 Å². The average molecular weight is 323 g/mol. The highest BCUT2D eigenvalue weighted by Crippen LogP contribution is 2.18. The van der Waals surface area contributed by atoms with E-state index in [9.17, 15) is 0 Å². The van der Waals surface area contributed by atoms with Gasteiger partial charge in [0, 0.05) is 25.2 Å². The molecular formula is C17H27ClN4. The first kappa shape index (κ1) is 17.1. The highest BCUT2D eigenvalue weighted by molar-refractivity contribution is 6.31. The summed E-state index contributed by atoms with van der Waals surface area (Å²) in [5, 5.41) is 7.51. The number of rotatable bonds is 5. The Morgan fingerprint density at radius 2 is 2.00 bits per heavy atom. The molecule has 0 atom stereocenters. The fourth-order valence-corrected chi connectivity index (χ4v) is 2.99. The summed E-state index contributed by atoms with van der Waals surface area (Å²) in [5.41, 5.74) is 1.09. The lowest BCUT2D eigenvalue weighted by molar-refractivity contribution is 0.213. The van der Waals surface area contributed by atoms with Crippen molar-refractivity contribution in [2.75, 3.05) is 33.7 Å². The maximum atomic E-state index is 6.16. The van der Waals surface area contributed by atoms with E-state index in [2.05, 4.69) is 27.6 Å². The average Bonchev–Trinajstić information content (AvgIpc) is 2.54. The predicted molar refractivity (Wildman–Crippen MR) is 94.5 cm³/mol. The van der Waals surface area contributed by atoms with E-state index in [1.54, 1.807) is 7.05 Å². The monoisotopic (exact) mass is 322 g/mol. The minimum atomic E-state index is 0.688. The Balaban J connectivity index is 1.68. The number of aliphatic imine (C=N–C) groups is 1. The van der Waals surface area contributed by atoms with Gasteiger partial charge < -0.3 is 15.5 Å². The highest BCUT2D eigenvalue weighted by Gasteiger charge is 2.16. The molecule has 1 heterocycles. The summed E-state index contributed by atoms with van der Waals surface area (Å²) in [6, 6.07) is 7.88. The van der Waals surface area contributed by atoms with E-state index in [1.807, 2.05) is 24.3 Å². The fraction of sp³-hybridized carbons (Fsp3) is 0.588. The van der Waals surface area contributed by atoms with E-state index in [0.29, 0.717) is 6.54 Å². The largest absolute Gasteiger partial charge is 0.356 e. The zero-order valence-electron chi connectivity index (χ0n) is 13.6. The molecule has 1 aromatic carbocycles. The molecule has 0 spiro atoms. The molecule has 1 aliphatic heterocycles. The van der Waals surface area contributed by atoms with Crippen molar-refractivity contribution in [3.05, 3.63) is 34.9 Å². The molecular weight excluding hydrogens is 296 g/mol. The van der Waals surface area contributed by atoms with Crippen molar-refractivity contribution >= 4 is 17.6 Å². The molecule has 0 radical (unpaired) electrons. The summed E-state index contributed by atoms with van der Waals surface area (Å²) in [4.78, 5) is 6.68. The maximum Gasteiger partial charge on any atom is 0.191 e. The third-order valence-corrected chi connectivity index (χ3v) is 4.68. The normalized spacial score (nSPS) is 17.5. The van der Waals surface area contributed by atoms with Crippen LogP contribution in [0.3, 0.4) is 0 Å². The van der Waals surface area contributed by atoms with Gasteiger partial charge in [-0.15, -0.1) is 0 Å². The van der Waals surface area contributed by atoms with Crippen molar-refractivity contribution in [2.45, 2.75) is 25.8 Å². The summed E-state index contributed by atoms with van der Waals surface area (Å²) in [7, 11) is 4.01. The van der Waals surface area contributed by atoms with Crippen molar-refractivity contribution in [2.24, 2.45) is 10.9 Å². The Morgan fingerprint density at radius 3 is 2.68 bits per heavy atom. The van der Waals surface area contributed by atoms with Crippen molar-refractivity contribution < 1.29 is 0 Å². The molecule has 0 aliphatic carbocycles. The van der Waals surface area contributed by atoms with Gasteiger partial charge in [0.05, 0.1) is 0 Å². The number of halogens is 1. The molecule has 0 aromatic heterocycles. The Hall–Kier alpha value is -1.26. The first-order valence-corrected chi connectivity index (χ1v) is 8.43. The van der Waals surface area contributed by atoms with Gasteiger partial charge in [-0.3, -0.25) is 4.99 Å². The van der Waals surface area contributed by atoms with Crippen molar-refractivity contribution in [1.29, 1.82) is 0 Å². The Labute approximate surface area is 138 Å². The van der Waals surface area contributed by atoms with Gasteiger partial charge in [-0.05, 0) is 56.9 Å². The maximum absolute atomic E-state index is 6.16. The number of nitrogens with zero attached hydrogens (tertiary/aromatic N) is 2. The van der Waals surface area contributed by atoms with Crippen LogP contribution in [0.4, 0.5) is 0 Å². The fourth-order valence-electron chi connectivity index (χ4n) is 2.79. The van der Waals surface area contributed by atoms with Crippen LogP contribution in [0.15, 0.2) is 29.3 Å². The van der Waals surface area contributed by atoms with Gasteiger partial charge in [-0.1, -0.05) is 29.8 Å². The van der Waals surface area contributed by atoms with E-state index in [0.717, 1.165) is 29.0 Å². The Bertz CT molecular complexity index is 481. The number of guanidine groups is 1. The summed E-state index contributed by atoms with van der Waals surface area (Å²) in [5.74, 6) is 1.68. The van der Waals surface area contributed by atoms with Gasteiger partial charge in [0.1, 0.15) is 0 Å². The second-order valence-corrected chi connectivity index (χ2v) is 6.39. The predicted octanol–water partition coefficient (Wildman–Crippen LogP) is 2.74. The van der Waals surface area contributed by atoms with Gasteiger partial charge in [-0.2, -0.15) is 0 Å². The molecule has 5 heteroatoms. The first-order chi connectivity index (χ1) is 10.7. The summed E-state index contributed by atoms with van der Waals surface area (Å²) < 4.78 is 0. The van der Waals surface area contributed by atoms with Crippen LogP contribution >= 0.6 is 11.6 Å². The first-order valence-electron chi connectivity index (χ1n) is 8.05. The third kappa shape index (κ3) is 5.50. The zero-order valence-corrected chi connectivity index (χ0v) is 14.4. The highest BCUT2D eigenvalue weighted by atomic mass is 35.5. The minimum Gasteiger partial charge on any atom is -0.356 e. The number of benzene rings is 1. The molecule has 0 saturated carbocycles.